The lowest BCUT2D eigenvalue weighted by Crippen LogP contribution is -2.59. The summed E-state index contributed by atoms with van der Waals surface area (Å²) in [6.07, 6.45) is -0.477. The van der Waals surface area contributed by atoms with Gasteiger partial charge >= 0.3 is 12.1 Å². The number of rotatable bonds is 2. The molecular weight excluding hydrogens is 187 g/mol. The molecule has 2 N–H and O–H groups in total. The number of alkyl halides is 3. The van der Waals surface area contributed by atoms with Crippen molar-refractivity contribution in [3.8, 4) is 12.3 Å². The van der Waals surface area contributed by atoms with E-state index in [4.69, 9.17) is 0 Å². The maximum atomic E-state index is 12.1. The Kier molecular flexibility index (Phi) is 3.32. The number of carbonyl (C=O) groups excluding carboxylic acids is 1. The molecule has 0 bridgehead atoms. The van der Waals surface area contributed by atoms with E-state index >= 15 is 0 Å². The molecule has 6 heteroatoms. The minimum absolute atomic E-state index is 0.213. The second kappa shape index (κ2) is 3.66. The Morgan fingerprint density at radius 2 is 2.08 bits per heavy atom. The summed E-state index contributed by atoms with van der Waals surface area (Å²) in [7, 11) is 0. The molecule has 0 fully saturated rings. The fourth-order valence-corrected chi connectivity index (χ4v) is 0.501. The van der Waals surface area contributed by atoms with Crippen LogP contribution < -0.4 is 5.73 Å². The van der Waals surface area contributed by atoms with E-state index in [9.17, 15) is 18.0 Å². The van der Waals surface area contributed by atoms with E-state index in [1.807, 2.05) is 0 Å². The van der Waals surface area contributed by atoms with E-state index in [1.54, 1.807) is 0 Å². The maximum absolute atomic E-state index is 12.1. The third kappa shape index (κ3) is 2.12. The first-order valence-corrected chi connectivity index (χ1v) is 3.30. The Hall–Kier alpha value is -1.22. The summed E-state index contributed by atoms with van der Waals surface area (Å²) in [5.41, 5.74) is 1.32. The number of terminal acetylenes is 1. The fraction of sp³-hybridized carbons (Fsp3) is 0.571. The highest BCUT2D eigenvalue weighted by atomic mass is 19.4. The van der Waals surface area contributed by atoms with Gasteiger partial charge in [0.1, 0.15) is 0 Å². The monoisotopic (exact) mass is 195 g/mol. The van der Waals surface area contributed by atoms with Crippen LogP contribution in [-0.2, 0) is 9.53 Å². The Bertz CT molecular complexity index is 243. The van der Waals surface area contributed by atoms with Gasteiger partial charge in [-0.15, -0.1) is 6.42 Å². The van der Waals surface area contributed by atoms with Gasteiger partial charge in [-0.1, -0.05) is 5.92 Å². The molecule has 0 spiro atoms. The maximum Gasteiger partial charge on any atom is 0.428 e. The molecule has 0 aliphatic carbocycles. The summed E-state index contributed by atoms with van der Waals surface area (Å²) in [5, 5.41) is 0. The van der Waals surface area contributed by atoms with Crippen LogP contribution in [0.3, 0.4) is 0 Å². The second-order valence-electron chi connectivity index (χ2n) is 2.17. The van der Waals surface area contributed by atoms with E-state index in [0.29, 0.717) is 0 Å². The average Bonchev–Trinajstić information content (AvgIpc) is 2.01. The summed E-state index contributed by atoms with van der Waals surface area (Å²) in [4.78, 5) is 10.7. The van der Waals surface area contributed by atoms with Crippen molar-refractivity contribution in [2.45, 2.75) is 18.6 Å². The molecule has 74 valence electrons. The molecule has 0 aliphatic rings. The summed E-state index contributed by atoms with van der Waals surface area (Å²) in [6, 6.07) is 0. The zero-order chi connectivity index (χ0) is 10.7. The van der Waals surface area contributed by atoms with E-state index in [0.717, 1.165) is 0 Å². The molecule has 0 aromatic rings. The van der Waals surface area contributed by atoms with Gasteiger partial charge in [-0.05, 0) is 6.92 Å². The van der Waals surface area contributed by atoms with Gasteiger partial charge in [0.15, 0.2) is 0 Å². The zero-order valence-electron chi connectivity index (χ0n) is 6.81. The number of halogens is 3. The van der Waals surface area contributed by atoms with Gasteiger partial charge in [-0.25, -0.2) is 4.79 Å². The van der Waals surface area contributed by atoms with Crippen molar-refractivity contribution in [1.82, 2.24) is 0 Å². The highest BCUT2D eigenvalue weighted by molar-refractivity contribution is 5.85. The molecule has 0 aromatic heterocycles. The van der Waals surface area contributed by atoms with Gasteiger partial charge in [0.2, 0.25) is 0 Å². The highest BCUT2D eigenvalue weighted by Crippen LogP contribution is 2.28. The van der Waals surface area contributed by atoms with Crippen LogP contribution in [0.4, 0.5) is 13.2 Å². The molecule has 13 heavy (non-hydrogen) atoms. The average molecular weight is 195 g/mol. The van der Waals surface area contributed by atoms with Crippen LogP contribution in [0.1, 0.15) is 6.92 Å². The van der Waals surface area contributed by atoms with Gasteiger partial charge in [0.25, 0.3) is 5.54 Å². The SMILES string of the molecule is C#C[C@](N)(C(=O)OCC)C(F)(F)F. The third-order valence-electron chi connectivity index (χ3n) is 1.27. The fourth-order valence-electron chi connectivity index (χ4n) is 0.501. The lowest BCUT2D eigenvalue weighted by Gasteiger charge is -2.23. The van der Waals surface area contributed by atoms with Crippen molar-refractivity contribution >= 4 is 5.97 Å². The summed E-state index contributed by atoms with van der Waals surface area (Å²) < 4.78 is 40.4. The van der Waals surface area contributed by atoms with Crippen molar-refractivity contribution in [2.24, 2.45) is 5.73 Å². The van der Waals surface area contributed by atoms with Crippen molar-refractivity contribution in [3.63, 3.8) is 0 Å². The van der Waals surface area contributed by atoms with Crippen LogP contribution in [0.15, 0.2) is 0 Å². The number of hydrogen-bond donors (Lipinski definition) is 1. The standard InChI is InChI=1S/C7H8F3NO2/c1-3-6(11,7(8,9)10)5(12)13-4-2/h1H,4,11H2,2H3/t6-/m0/s1. The summed E-state index contributed by atoms with van der Waals surface area (Å²) in [6.45, 7) is 1.14. The Morgan fingerprint density at radius 1 is 1.62 bits per heavy atom. The van der Waals surface area contributed by atoms with Gasteiger partial charge < -0.3 is 4.74 Å². The van der Waals surface area contributed by atoms with Crippen molar-refractivity contribution < 1.29 is 22.7 Å². The van der Waals surface area contributed by atoms with E-state index in [2.05, 4.69) is 16.9 Å². The Balaban J connectivity index is 4.88. The lowest BCUT2D eigenvalue weighted by molar-refractivity contribution is -0.193. The molecule has 0 heterocycles. The first-order valence-electron chi connectivity index (χ1n) is 3.30. The zero-order valence-corrected chi connectivity index (χ0v) is 6.81. The van der Waals surface area contributed by atoms with Gasteiger partial charge in [0, 0.05) is 0 Å². The van der Waals surface area contributed by atoms with Crippen LogP contribution in [0.2, 0.25) is 0 Å². The third-order valence-corrected chi connectivity index (χ3v) is 1.27. The molecule has 0 amide bonds. The minimum atomic E-state index is -5.01. The molecular formula is C7H8F3NO2. The van der Waals surface area contributed by atoms with Crippen molar-refractivity contribution in [3.05, 3.63) is 0 Å². The molecule has 0 aromatic carbocycles. The summed E-state index contributed by atoms with van der Waals surface area (Å²) >= 11 is 0. The predicted octanol–water partition coefficient (Wildman–Crippen LogP) is 0.443. The van der Waals surface area contributed by atoms with Gasteiger partial charge in [-0.3, -0.25) is 5.73 Å². The lowest BCUT2D eigenvalue weighted by atomic mass is 10.0. The number of ether oxygens (including phenoxy) is 1. The van der Waals surface area contributed by atoms with Crippen LogP contribution in [-0.4, -0.2) is 24.3 Å². The molecule has 0 rings (SSSR count). The number of hydrogen-bond acceptors (Lipinski definition) is 3. The predicted molar refractivity (Wildman–Crippen MR) is 38.4 cm³/mol. The smallest absolute Gasteiger partial charge is 0.428 e. The number of esters is 1. The largest absolute Gasteiger partial charge is 0.464 e. The molecule has 0 saturated carbocycles. The van der Waals surface area contributed by atoms with Gasteiger partial charge in [0.05, 0.1) is 6.61 Å². The molecule has 0 unspecified atom stereocenters. The molecule has 0 saturated heterocycles. The number of nitrogens with two attached hydrogens (primary N) is 1. The van der Waals surface area contributed by atoms with Gasteiger partial charge in [-0.2, -0.15) is 13.2 Å². The molecule has 0 radical (unpaired) electrons. The topological polar surface area (TPSA) is 52.3 Å². The first kappa shape index (κ1) is 11.8. The summed E-state index contributed by atoms with van der Waals surface area (Å²) in [5.74, 6) is -0.481. The van der Waals surface area contributed by atoms with E-state index in [-0.39, 0.29) is 6.61 Å². The van der Waals surface area contributed by atoms with Crippen LogP contribution in [0.25, 0.3) is 0 Å². The van der Waals surface area contributed by atoms with Crippen LogP contribution >= 0.6 is 0 Å². The van der Waals surface area contributed by atoms with Crippen molar-refractivity contribution in [1.29, 1.82) is 0 Å². The van der Waals surface area contributed by atoms with E-state index < -0.39 is 17.7 Å². The first-order chi connectivity index (χ1) is 5.79. The highest BCUT2D eigenvalue weighted by Gasteiger charge is 2.58. The Labute approximate surface area is 73.0 Å². The normalized spacial score (nSPS) is 15.7. The quantitative estimate of drug-likeness (QED) is 0.514. The minimum Gasteiger partial charge on any atom is -0.464 e. The van der Waals surface area contributed by atoms with Crippen molar-refractivity contribution in [2.75, 3.05) is 6.61 Å². The molecule has 1 atom stereocenters. The van der Waals surface area contributed by atoms with Crippen LogP contribution in [0.5, 0.6) is 0 Å². The second-order valence-corrected chi connectivity index (χ2v) is 2.17. The van der Waals surface area contributed by atoms with Crippen LogP contribution in [0, 0.1) is 12.3 Å². The molecule has 3 nitrogen and oxygen atoms in total. The Morgan fingerprint density at radius 3 is 2.31 bits per heavy atom. The molecule has 0 aliphatic heterocycles. The van der Waals surface area contributed by atoms with E-state index in [1.165, 1.54) is 12.8 Å². The number of carbonyl (C=O) groups is 1.